The first-order valence-electron chi connectivity index (χ1n) is 4.21. The van der Waals surface area contributed by atoms with Gasteiger partial charge in [-0.15, -0.1) is 11.6 Å². The molecule has 0 aromatic heterocycles. The van der Waals surface area contributed by atoms with Crippen LogP contribution in [0.25, 0.3) is 0 Å². The number of hydrogen-bond acceptors (Lipinski definition) is 2. The smallest absolute Gasteiger partial charge is 0.339 e. The van der Waals surface area contributed by atoms with Gasteiger partial charge in [0.1, 0.15) is 0 Å². The van der Waals surface area contributed by atoms with Crippen LogP contribution in [0.4, 0.5) is 0 Å². The minimum Gasteiger partial charge on any atom is -0.462 e. The Morgan fingerprint density at radius 2 is 2.29 bits per heavy atom. The van der Waals surface area contributed by atoms with Crippen LogP contribution < -0.4 is 0 Å². The van der Waals surface area contributed by atoms with E-state index in [1.54, 1.807) is 6.92 Å². The van der Waals surface area contributed by atoms with E-state index in [9.17, 15) is 4.79 Å². The molecule has 0 aliphatic heterocycles. The Morgan fingerprint density at radius 3 is 2.86 bits per heavy atom. The molecule has 0 saturated carbocycles. The third-order valence-corrected chi connectivity index (χ3v) is 2.91. The van der Waals surface area contributed by atoms with Crippen molar-refractivity contribution in [3.63, 3.8) is 0 Å². The summed E-state index contributed by atoms with van der Waals surface area (Å²) in [4.78, 5) is 11.6. The fourth-order valence-corrected chi connectivity index (χ4v) is 2.11. The number of esters is 1. The molecule has 1 rings (SSSR count). The Morgan fingerprint density at radius 1 is 1.57 bits per heavy atom. The van der Waals surface area contributed by atoms with Crippen LogP contribution in [0, 0.1) is 3.57 Å². The van der Waals surface area contributed by atoms with Crippen LogP contribution in [0.3, 0.4) is 0 Å². The SMILES string of the molecule is CCOC(=O)c1c(I)cccc1CCl. The van der Waals surface area contributed by atoms with Crippen molar-refractivity contribution in [2.24, 2.45) is 0 Å². The van der Waals surface area contributed by atoms with Gasteiger partial charge in [-0.1, -0.05) is 12.1 Å². The van der Waals surface area contributed by atoms with Gasteiger partial charge in [-0.3, -0.25) is 0 Å². The molecule has 0 spiro atoms. The van der Waals surface area contributed by atoms with Crippen LogP contribution >= 0.6 is 34.2 Å². The molecule has 0 saturated heterocycles. The second-order valence-corrected chi connectivity index (χ2v) is 4.06. The minimum atomic E-state index is -0.298. The van der Waals surface area contributed by atoms with Crippen molar-refractivity contribution in [2.75, 3.05) is 6.61 Å². The van der Waals surface area contributed by atoms with Gasteiger partial charge in [0.2, 0.25) is 0 Å². The molecule has 14 heavy (non-hydrogen) atoms. The van der Waals surface area contributed by atoms with Gasteiger partial charge in [0.15, 0.2) is 0 Å². The van der Waals surface area contributed by atoms with Crippen LogP contribution in [0.1, 0.15) is 22.8 Å². The Hall–Kier alpha value is -0.290. The molecule has 0 fully saturated rings. The molecule has 0 radical (unpaired) electrons. The van der Waals surface area contributed by atoms with E-state index in [0.717, 1.165) is 9.13 Å². The predicted octanol–water partition coefficient (Wildman–Crippen LogP) is 3.21. The average molecular weight is 325 g/mol. The van der Waals surface area contributed by atoms with E-state index >= 15 is 0 Å². The molecule has 1 aromatic carbocycles. The first-order chi connectivity index (χ1) is 6.70. The highest BCUT2D eigenvalue weighted by Crippen LogP contribution is 2.19. The topological polar surface area (TPSA) is 26.3 Å². The third kappa shape index (κ3) is 2.60. The molecule has 0 aliphatic rings. The number of carbonyl (C=O) groups excluding carboxylic acids is 1. The zero-order valence-electron chi connectivity index (χ0n) is 7.72. The second kappa shape index (κ2) is 5.56. The van der Waals surface area contributed by atoms with Crippen LogP contribution in [0.5, 0.6) is 0 Å². The van der Waals surface area contributed by atoms with Gasteiger partial charge < -0.3 is 4.74 Å². The average Bonchev–Trinajstić information content (AvgIpc) is 2.17. The highest BCUT2D eigenvalue weighted by molar-refractivity contribution is 14.1. The van der Waals surface area contributed by atoms with Gasteiger partial charge >= 0.3 is 5.97 Å². The molecule has 0 bridgehead atoms. The molecule has 76 valence electrons. The van der Waals surface area contributed by atoms with Gasteiger partial charge in [-0.05, 0) is 41.1 Å². The maximum absolute atomic E-state index is 11.6. The molecule has 2 nitrogen and oxygen atoms in total. The maximum Gasteiger partial charge on any atom is 0.339 e. The largest absolute Gasteiger partial charge is 0.462 e. The fourth-order valence-electron chi connectivity index (χ4n) is 1.11. The van der Waals surface area contributed by atoms with E-state index in [1.165, 1.54) is 0 Å². The summed E-state index contributed by atoms with van der Waals surface area (Å²) in [6, 6.07) is 5.58. The number of rotatable bonds is 3. The van der Waals surface area contributed by atoms with Gasteiger partial charge in [0.05, 0.1) is 12.2 Å². The van der Waals surface area contributed by atoms with Crippen LogP contribution in [-0.4, -0.2) is 12.6 Å². The molecule has 4 heteroatoms. The Bertz CT molecular complexity index is 339. The van der Waals surface area contributed by atoms with Crippen molar-refractivity contribution in [1.82, 2.24) is 0 Å². The lowest BCUT2D eigenvalue weighted by Crippen LogP contribution is -2.09. The van der Waals surface area contributed by atoms with E-state index in [0.29, 0.717) is 18.1 Å². The van der Waals surface area contributed by atoms with Gasteiger partial charge in [0.25, 0.3) is 0 Å². The summed E-state index contributed by atoms with van der Waals surface area (Å²) >= 11 is 7.84. The lowest BCUT2D eigenvalue weighted by atomic mass is 10.1. The number of carbonyl (C=O) groups is 1. The molecule has 0 amide bonds. The van der Waals surface area contributed by atoms with Crippen LogP contribution in [0.15, 0.2) is 18.2 Å². The zero-order valence-corrected chi connectivity index (χ0v) is 10.6. The summed E-state index contributed by atoms with van der Waals surface area (Å²) in [5.41, 5.74) is 1.40. The summed E-state index contributed by atoms with van der Waals surface area (Å²) in [5.74, 6) is 0.0264. The van der Waals surface area contributed by atoms with Crippen molar-refractivity contribution in [3.8, 4) is 0 Å². The van der Waals surface area contributed by atoms with Crippen molar-refractivity contribution in [1.29, 1.82) is 0 Å². The third-order valence-electron chi connectivity index (χ3n) is 1.72. The lowest BCUT2D eigenvalue weighted by Gasteiger charge is -2.08. The second-order valence-electron chi connectivity index (χ2n) is 2.63. The Labute approximate surface area is 102 Å². The van der Waals surface area contributed by atoms with Gasteiger partial charge in [-0.25, -0.2) is 4.79 Å². The molecule has 0 N–H and O–H groups in total. The predicted molar refractivity (Wildman–Crippen MR) is 64.7 cm³/mol. The number of halogens is 2. The number of hydrogen-bond donors (Lipinski definition) is 0. The highest BCUT2D eigenvalue weighted by Gasteiger charge is 2.14. The minimum absolute atomic E-state index is 0.298. The standard InChI is InChI=1S/C10H10ClIO2/c1-2-14-10(13)9-7(6-11)4-3-5-8(9)12/h3-5H,2,6H2,1H3. The monoisotopic (exact) mass is 324 g/mol. The molecular formula is C10H10ClIO2. The van der Waals surface area contributed by atoms with Crippen LogP contribution in [0.2, 0.25) is 0 Å². The molecule has 0 atom stereocenters. The lowest BCUT2D eigenvalue weighted by molar-refractivity contribution is 0.0524. The number of benzene rings is 1. The van der Waals surface area contributed by atoms with Gasteiger partial charge in [-0.2, -0.15) is 0 Å². The summed E-state index contributed by atoms with van der Waals surface area (Å²) in [5, 5.41) is 0. The quantitative estimate of drug-likeness (QED) is 0.485. The van der Waals surface area contributed by atoms with E-state index in [1.807, 2.05) is 18.2 Å². The maximum atomic E-state index is 11.6. The summed E-state index contributed by atoms with van der Waals surface area (Å²) < 4.78 is 5.82. The van der Waals surface area contributed by atoms with E-state index in [-0.39, 0.29) is 5.97 Å². The molecule has 0 aliphatic carbocycles. The molecule has 0 heterocycles. The van der Waals surface area contributed by atoms with Crippen LogP contribution in [-0.2, 0) is 10.6 Å². The summed E-state index contributed by atoms with van der Waals surface area (Å²) in [6.45, 7) is 2.17. The van der Waals surface area contributed by atoms with Gasteiger partial charge in [0, 0.05) is 9.45 Å². The van der Waals surface area contributed by atoms with Crippen molar-refractivity contribution in [2.45, 2.75) is 12.8 Å². The van der Waals surface area contributed by atoms with Crippen molar-refractivity contribution >= 4 is 40.2 Å². The van der Waals surface area contributed by atoms with E-state index < -0.39 is 0 Å². The van der Waals surface area contributed by atoms with E-state index in [2.05, 4.69) is 22.6 Å². The first kappa shape index (κ1) is 11.8. The summed E-state index contributed by atoms with van der Waals surface area (Å²) in [7, 11) is 0. The molecular weight excluding hydrogens is 314 g/mol. The number of alkyl halides is 1. The van der Waals surface area contributed by atoms with Crippen molar-refractivity contribution < 1.29 is 9.53 Å². The fraction of sp³-hybridized carbons (Fsp3) is 0.300. The van der Waals surface area contributed by atoms with E-state index in [4.69, 9.17) is 16.3 Å². The first-order valence-corrected chi connectivity index (χ1v) is 5.82. The normalized spacial score (nSPS) is 9.93. The zero-order chi connectivity index (χ0) is 10.6. The van der Waals surface area contributed by atoms with Crippen molar-refractivity contribution in [3.05, 3.63) is 32.9 Å². The number of ether oxygens (including phenoxy) is 1. The Balaban J connectivity index is 3.10. The molecule has 1 aromatic rings. The summed E-state index contributed by atoms with van der Waals surface area (Å²) in [6.07, 6.45) is 0. The molecule has 0 unspecified atom stereocenters. The highest BCUT2D eigenvalue weighted by atomic mass is 127. The Kier molecular flexibility index (Phi) is 4.68.